The molecule has 1 unspecified atom stereocenters. The predicted octanol–water partition coefficient (Wildman–Crippen LogP) is 2.09. The summed E-state index contributed by atoms with van der Waals surface area (Å²) in [6, 6.07) is 7.03. The Labute approximate surface area is 91.3 Å². The van der Waals surface area contributed by atoms with Gasteiger partial charge in [0.05, 0.1) is 12.6 Å². The van der Waals surface area contributed by atoms with Gasteiger partial charge in [0.1, 0.15) is 0 Å². The summed E-state index contributed by atoms with van der Waals surface area (Å²) in [6.07, 6.45) is 2.50. The van der Waals surface area contributed by atoms with Crippen LogP contribution in [0.2, 0.25) is 0 Å². The van der Waals surface area contributed by atoms with E-state index in [1.54, 1.807) is 0 Å². The smallest absolute Gasteiger partial charge is 0.0626 e. The Balaban J connectivity index is 2.20. The number of aryl methyl sites for hydroxylation is 1. The van der Waals surface area contributed by atoms with Crippen molar-refractivity contribution in [3.05, 3.63) is 34.9 Å². The average Bonchev–Trinajstić information content (AvgIpc) is 3.03. The fraction of sp³-hybridized carbons (Fsp3) is 0.538. The van der Waals surface area contributed by atoms with Crippen LogP contribution in [0.25, 0.3) is 0 Å². The van der Waals surface area contributed by atoms with Gasteiger partial charge in [-0.1, -0.05) is 18.2 Å². The second-order valence-corrected chi connectivity index (χ2v) is 4.47. The van der Waals surface area contributed by atoms with Gasteiger partial charge in [0.25, 0.3) is 0 Å². The minimum atomic E-state index is 0.109. The molecule has 1 aromatic carbocycles. The summed E-state index contributed by atoms with van der Waals surface area (Å²) in [7, 11) is 0. The van der Waals surface area contributed by atoms with E-state index in [0.717, 1.165) is 0 Å². The molecule has 1 aromatic rings. The molecule has 0 aromatic heterocycles. The third-order valence-electron chi connectivity index (χ3n) is 3.22. The first kappa shape index (κ1) is 10.7. The third-order valence-corrected chi connectivity index (χ3v) is 3.22. The highest BCUT2D eigenvalue weighted by atomic mass is 16.3. The number of benzene rings is 1. The molecule has 15 heavy (non-hydrogen) atoms. The maximum absolute atomic E-state index is 9.41. The van der Waals surface area contributed by atoms with E-state index in [0.29, 0.717) is 6.04 Å². The molecule has 1 fully saturated rings. The number of hydrogen-bond donors (Lipinski definition) is 2. The quantitative estimate of drug-likeness (QED) is 0.789. The summed E-state index contributed by atoms with van der Waals surface area (Å²) in [5.74, 6) is 0. The highest BCUT2D eigenvalue weighted by Crippen LogP contribution is 2.26. The van der Waals surface area contributed by atoms with Crippen LogP contribution in [-0.4, -0.2) is 17.8 Å². The van der Waals surface area contributed by atoms with Crippen LogP contribution in [0.3, 0.4) is 0 Å². The summed E-state index contributed by atoms with van der Waals surface area (Å²) in [4.78, 5) is 0. The fourth-order valence-corrected chi connectivity index (χ4v) is 1.93. The third kappa shape index (κ3) is 2.39. The van der Waals surface area contributed by atoms with Crippen molar-refractivity contribution in [2.24, 2.45) is 0 Å². The Morgan fingerprint density at radius 1 is 1.40 bits per heavy atom. The molecule has 0 aliphatic heterocycles. The second-order valence-electron chi connectivity index (χ2n) is 4.47. The van der Waals surface area contributed by atoms with Gasteiger partial charge >= 0.3 is 0 Å². The van der Waals surface area contributed by atoms with Gasteiger partial charge in [-0.15, -0.1) is 0 Å². The normalized spacial score (nSPS) is 17.8. The topological polar surface area (TPSA) is 32.3 Å². The van der Waals surface area contributed by atoms with Crippen LogP contribution in [0, 0.1) is 13.8 Å². The van der Waals surface area contributed by atoms with Crippen molar-refractivity contribution in [2.45, 2.75) is 38.8 Å². The Hall–Kier alpha value is -0.860. The zero-order valence-electron chi connectivity index (χ0n) is 9.46. The number of aliphatic hydroxyl groups excluding tert-OH is 1. The molecule has 0 bridgehead atoms. The molecule has 1 aliphatic rings. The summed E-state index contributed by atoms with van der Waals surface area (Å²) in [5, 5.41) is 12.9. The van der Waals surface area contributed by atoms with Gasteiger partial charge in [-0.05, 0) is 43.4 Å². The molecule has 0 radical (unpaired) electrons. The SMILES string of the molecule is Cc1cccc(C(CO)NC2CC2)c1C. The summed E-state index contributed by atoms with van der Waals surface area (Å²) < 4.78 is 0. The molecule has 0 spiro atoms. The Morgan fingerprint density at radius 2 is 2.13 bits per heavy atom. The van der Waals surface area contributed by atoms with Crippen molar-refractivity contribution in [2.75, 3.05) is 6.61 Å². The largest absolute Gasteiger partial charge is 0.394 e. The molecule has 2 N–H and O–H groups in total. The lowest BCUT2D eigenvalue weighted by molar-refractivity contribution is 0.243. The van der Waals surface area contributed by atoms with Gasteiger partial charge in [-0.2, -0.15) is 0 Å². The fourth-order valence-electron chi connectivity index (χ4n) is 1.93. The molecule has 0 saturated heterocycles. The van der Waals surface area contributed by atoms with Gasteiger partial charge in [-0.25, -0.2) is 0 Å². The summed E-state index contributed by atoms with van der Waals surface area (Å²) >= 11 is 0. The molecule has 82 valence electrons. The van der Waals surface area contributed by atoms with Crippen molar-refractivity contribution in [3.8, 4) is 0 Å². The number of rotatable bonds is 4. The van der Waals surface area contributed by atoms with E-state index in [1.165, 1.54) is 29.5 Å². The predicted molar refractivity (Wildman–Crippen MR) is 61.9 cm³/mol. The van der Waals surface area contributed by atoms with Crippen molar-refractivity contribution in [1.29, 1.82) is 0 Å². The lowest BCUT2D eigenvalue weighted by atomic mass is 9.98. The molecule has 2 rings (SSSR count). The van der Waals surface area contributed by atoms with Gasteiger partial charge in [0, 0.05) is 6.04 Å². The van der Waals surface area contributed by atoms with Crippen LogP contribution in [0.5, 0.6) is 0 Å². The monoisotopic (exact) mass is 205 g/mol. The maximum atomic E-state index is 9.41. The van der Waals surface area contributed by atoms with Crippen LogP contribution in [0.1, 0.15) is 35.6 Å². The van der Waals surface area contributed by atoms with E-state index in [2.05, 4.69) is 37.4 Å². The van der Waals surface area contributed by atoms with E-state index in [4.69, 9.17) is 0 Å². The first-order valence-corrected chi connectivity index (χ1v) is 5.65. The van der Waals surface area contributed by atoms with Crippen molar-refractivity contribution in [3.63, 3.8) is 0 Å². The zero-order chi connectivity index (χ0) is 10.8. The molecule has 2 nitrogen and oxygen atoms in total. The van der Waals surface area contributed by atoms with Crippen molar-refractivity contribution in [1.82, 2.24) is 5.32 Å². The minimum absolute atomic E-state index is 0.109. The first-order chi connectivity index (χ1) is 7.22. The molecular weight excluding hydrogens is 186 g/mol. The van der Waals surface area contributed by atoms with E-state index < -0.39 is 0 Å². The lowest BCUT2D eigenvalue weighted by Crippen LogP contribution is -2.27. The molecule has 1 saturated carbocycles. The molecule has 2 heteroatoms. The lowest BCUT2D eigenvalue weighted by Gasteiger charge is -2.19. The second kappa shape index (κ2) is 4.33. The van der Waals surface area contributed by atoms with Crippen molar-refractivity contribution >= 4 is 0 Å². The van der Waals surface area contributed by atoms with Gasteiger partial charge in [-0.3, -0.25) is 0 Å². The van der Waals surface area contributed by atoms with Crippen LogP contribution < -0.4 is 5.32 Å². The highest BCUT2D eigenvalue weighted by Gasteiger charge is 2.25. The molecule has 1 atom stereocenters. The maximum Gasteiger partial charge on any atom is 0.0626 e. The Bertz CT molecular complexity index is 344. The Kier molecular flexibility index (Phi) is 3.08. The van der Waals surface area contributed by atoms with Gasteiger partial charge in [0.15, 0.2) is 0 Å². The van der Waals surface area contributed by atoms with Crippen LogP contribution in [0.4, 0.5) is 0 Å². The first-order valence-electron chi connectivity index (χ1n) is 5.65. The van der Waals surface area contributed by atoms with Gasteiger partial charge < -0.3 is 10.4 Å². The van der Waals surface area contributed by atoms with Gasteiger partial charge in [0.2, 0.25) is 0 Å². The van der Waals surface area contributed by atoms with Crippen LogP contribution >= 0.6 is 0 Å². The molecule has 0 heterocycles. The number of hydrogen-bond acceptors (Lipinski definition) is 2. The van der Waals surface area contributed by atoms with Crippen molar-refractivity contribution < 1.29 is 5.11 Å². The molecular formula is C13H19NO. The highest BCUT2D eigenvalue weighted by molar-refractivity contribution is 5.35. The van der Waals surface area contributed by atoms with E-state index in [-0.39, 0.29) is 12.6 Å². The summed E-state index contributed by atoms with van der Waals surface area (Å²) in [5.41, 5.74) is 3.83. The van der Waals surface area contributed by atoms with Crippen LogP contribution in [0.15, 0.2) is 18.2 Å². The van der Waals surface area contributed by atoms with E-state index in [9.17, 15) is 5.11 Å². The standard InChI is InChI=1S/C13H19NO/c1-9-4-3-5-12(10(9)2)13(8-15)14-11-6-7-11/h3-5,11,13-15H,6-8H2,1-2H3. The summed E-state index contributed by atoms with van der Waals surface area (Å²) in [6.45, 7) is 4.42. The van der Waals surface area contributed by atoms with E-state index >= 15 is 0 Å². The average molecular weight is 205 g/mol. The number of nitrogens with one attached hydrogen (secondary N) is 1. The van der Waals surface area contributed by atoms with Crippen LogP contribution in [-0.2, 0) is 0 Å². The molecule has 1 aliphatic carbocycles. The van der Waals surface area contributed by atoms with E-state index in [1.807, 2.05) is 0 Å². The molecule has 0 amide bonds. The zero-order valence-corrected chi connectivity index (χ0v) is 9.46. The number of aliphatic hydroxyl groups is 1. The Morgan fingerprint density at radius 3 is 2.73 bits per heavy atom. The minimum Gasteiger partial charge on any atom is -0.394 e.